The molecule has 1 fully saturated rings. The van der Waals surface area contributed by atoms with E-state index < -0.39 is 5.41 Å². The number of carbonyl (C=O) groups excluding carboxylic acids is 1. The van der Waals surface area contributed by atoms with Crippen LogP contribution in [0.2, 0.25) is 5.02 Å². The number of hydrogen-bond donors (Lipinski definition) is 1. The molecule has 0 unspecified atom stereocenters. The average Bonchev–Trinajstić information content (AvgIpc) is 3.32. The molecule has 4 heteroatoms. The third-order valence-corrected chi connectivity index (χ3v) is 4.19. The summed E-state index contributed by atoms with van der Waals surface area (Å²) in [6.07, 6.45) is 1.70. The summed E-state index contributed by atoms with van der Waals surface area (Å²) in [4.78, 5) is 12.6. The van der Waals surface area contributed by atoms with Gasteiger partial charge in [-0.3, -0.25) is 4.79 Å². The zero-order valence-corrected chi connectivity index (χ0v) is 12.0. The van der Waals surface area contributed by atoms with Gasteiger partial charge in [-0.2, -0.15) is 5.26 Å². The van der Waals surface area contributed by atoms with Crippen molar-refractivity contribution in [3.05, 3.63) is 64.7 Å². The van der Waals surface area contributed by atoms with Crippen LogP contribution in [0.3, 0.4) is 0 Å². The summed E-state index contributed by atoms with van der Waals surface area (Å²) < 4.78 is 0. The maximum Gasteiger partial charge on any atom is 0.235 e. The maximum atomic E-state index is 12.6. The molecule has 1 aliphatic carbocycles. The van der Waals surface area contributed by atoms with Gasteiger partial charge in [-0.1, -0.05) is 41.9 Å². The molecule has 1 amide bonds. The topological polar surface area (TPSA) is 52.9 Å². The second-order valence-electron chi connectivity index (χ2n) is 5.21. The van der Waals surface area contributed by atoms with Crippen molar-refractivity contribution in [3.63, 3.8) is 0 Å². The highest BCUT2D eigenvalue weighted by atomic mass is 35.5. The highest BCUT2D eigenvalue weighted by Gasteiger charge is 2.51. The SMILES string of the molecule is N#Cc1cc(NC(=O)C2(c3ccccc3)CC2)ccc1Cl. The summed E-state index contributed by atoms with van der Waals surface area (Å²) in [5.74, 6) is -0.0279. The number of anilines is 1. The Morgan fingerprint density at radius 3 is 2.52 bits per heavy atom. The summed E-state index contributed by atoms with van der Waals surface area (Å²) in [6, 6.07) is 16.7. The minimum Gasteiger partial charge on any atom is -0.325 e. The largest absolute Gasteiger partial charge is 0.325 e. The van der Waals surface area contributed by atoms with Gasteiger partial charge in [0.15, 0.2) is 0 Å². The lowest BCUT2D eigenvalue weighted by atomic mass is 9.95. The predicted molar refractivity (Wildman–Crippen MR) is 82.2 cm³/mol. The third-order valence-electron chi connectivity index (χ3n) is 3.86. The Bertz CT molecular complexity index is 730. The van der Waals surface area contributed by atoms with Crippen LogP contribution in [0.4, 0.5) is 5.69 Å². The van der Waals surface area contributed by atoms with Crippen LogP contribution in [0.15, 0.2) is 48.5 Å². The summed E-state index contributed by atoms with van der Waals surface area (Å²) in [5, 5.41) is 12.3. The van der Waals surface area contributed by atoms with Crippen LogP contribution in [0.1, 0.15) is 24.0 Å². The van der Waals surface area contributed by atoms with Crippen LogP contribution in [0.5, 0.6) is 0 Å². The van der Waals surface area contributed by atoms with Gasteiger partial charge in [0.05, 0.1) is 16.0 Å². The number of hydrogen-bond acceptors (Lipinski definition) is 2. The quantitative estimate of drug-likeness (QED) is 0.934. The standard InChI is InChI=1S/C17H13ClN2O/c18-15-7-6-14(10-12(15)11-19)20-16(21)17(8-9-17)13-4-2-1-3-5-13/h1-7,10H,8-9H2,(H,20,21). The lowest BCUT2D eigenvalue weighted by molar-refractivity contribution is -0.118. The van der Waals surface area contributed by atoms with Gasteiger partial charge >= 0.3 is 0 Å². The molecule has 0 radical (unpaired) electrons. The van der Waals surface area contributed by atoms with Gasteiger partial charge in [0.1, 0.15) is 6.07 Å². The first-order valence-electron chi connectivity index (χ1n) is 6.72. The van der Waals surface area contributed by atoms with E-state index in [9.17, 15) is 4.79 Å². The summed E-state index contributed by atoms with van der Waals surface area (Å²) in [6.45, 7) is 0. The zero-order chi connectivity index (χ0) is 14.9. The highest BCUT2D eigenvalue weighted by molar-refractivity contribution is 6.31. The number of rotatable bonds is 3. The number of benzene rings is 2. The fraction of sp³-hybridized carbons (Fsp3) is 0.176. The molecule has 0 spiro atoms. The Kier molecular flexibility index (Phi) is 3.40. The van der Waals surface area contributed by atoms with E-state index in [1.54, 1.807) is 18.2 Å². The Hall–Kier alpha value is -2.31. The van der Waals surface area contributed by atoms with Gasteiger partial charge in [0.25, 0.3) is 0 Å². The molecule has 0 saturated heterocycles. The molecule has 104 valence electrons. The van der Waals surface area contributed by atoms with Crippen molar-refractivity contribution in [2.24, 2.45) is 0 Å². The van der Waals surface area contributed by atoms with Crippen LogP contribution in [-0.2, 0) is 10.2 Å². The van der Waals surface area contributed by atoms with Crippen molar-refractivity contribution in [1.82, 2.24) is 0 Å². The molecular formula is C17H13ClN2O. The molecule has 21 heavy (non-hydrogen) atoms. The number of nitriles is 1. The lowest BCUT2D eigenvalue weighted by Gasteiger charge is -2.16. The molecule has 0 bridgehead atoms. The van der Waals surface area contributed by atoms with Gasteiger partial charge in [-0.15, -0.1) is 0 Å². The van der Waals surface area contributed by atoms with Crippen LogP contribution >= 0.6 is 11.6 Å². The Balaban J connectivity index is 1.83. The summed E-state index contributed by atoms with van der Waals surface area (Å²) in [7, 11) is 0. The second kappa shape index (κ2) is 5.23. The van der Waals surface area contributed by atoms with Crippen molar-refractivity contribution in [3.8, 4) is 6.07 Å². The maximum absolute atomic E-state index is 12.6. The predicted octanol–water partition coefficient (Wildman–Crippen LogP) is 3.88. The Morgan fingerprint density at radius 1 is 1.19 bits per heavy atom. The fourth-order valence-electron chi connectivity index (χ4n) is 2.47. The van der Waals surface area contributed by atoms with E-state index in [0.717, 1.165) is 18.4 Å². The second-order valence-corrected chi connectivity index (χ2v) is 5.62. The molecule has 2 aromatic rings. The fourth-order valence-corrected chi connectivity index (χ4v) is 2.63. The van der Waals surface area contributed by atoms with Crippen molar-refractivity contribution in [2.75, 3.05) is 5.32 Å². The smallest absolute Gasteiger partial charge is 0.235 e. The van der Waals surface area contributed by atoms with Crippen molar-refractivity contribution in [1.29, 1.82) is 5.26 Å². The molecule has 1 saturated carbocycles. The van der Waals surface area contributed by atoms with Crippen LogP contribution in [0, 0.1) is 11.3 Å². The number of amides is 1. The van der Waals surface area contributed by atoms with Crippen LogP contribution < -0.4 is 5.32 Å². The van der Waals surface area contributed by atoms with E-state index in [1.807, 2.05) is 36.4 Å². The van der Waals surface area contributed by atoms with Gasteiger partial charge in [-0.05, 0) is 36.6 Å². The highest BCUT2D eigenvalue weighted by Crippen LogP contribution is 2.48. The number of halogens is 1. The van der Waals surface area contributed by atoms with Crippen LogP contribution in [0.25, 0.3) is 0 Å². The summed E-state index contributed by atoms with van der Waals surface area (Å²) in [5.41, 5.74) is 1.58. The first-order chi connectivity index (χ1) is 10.2. The zero-order valence-electron chi connectivity index (χ0n) is 11.3. The van der Waals surface area contributed by atoms with Crippen molar-refractivity contribution in [2.45, 2.75) is 18.3 Å². The van der Waals surface area contributed by atoms with E-state index in [0.29, 0.717) is 16.3 Å². The Labute approximate surface area is 128 Å². The van der Waals surface area contributed by atoms with Crippen molar-refractivity contribution < 1.29 is 4.79 Å². The minimum atomic E-state index is -0.423. The number of nitrogens with one attached hydrogen (secondary N) is 1. The third kappa shape index (κ3) is 2.51. The molecule has 2 aromatic carbocycles. The molecule has 1 N–H and O–H groups in total. The molecule has 0 aromatic heterocycles. The summed E-state index contributed by atoms with van der Waals surface area (Å²) >= 11 is 5.90. The molecule has 0 atom stereocenters. The molecule has 3 nitrogen and oxygen atoms in total. The van der Waals surface area contributed by atoms with E-state index in [1.165, 1.54) is 0 Å². The Morgan fingerprint density at radius 2 is 1.90 bits per heavy atom. The van der Waals surface area contributed by atoms with Crippen molar-refractivity contribution >= 4 is 23.2 Å². The molecule has 1 aliphatic rings. The number of carbonyl (C=O) groups is 1. The van der Waals surface area contributed by atoms with E-state index >= 15 is 0 Å². The minimum absolute atomic E-state index is 0.0279. The molecule has 0 heterocycles. The normalized spacial score (nSPS) is 15.0. The molecule has 0 aliphatic heterocycles. The van der Waals surface area contributed by atoms with E-state index in [2.05, 4.69) is 5.32 Å². The average molecular weight is 297 g/mol. The van der Waals surface area contributed by atoms with Gasteiger partial charge < -0.3 is 5.32 Å². The molecule has 3 rings (SSSR count). The first-order valence-corrected chi connectivity index (χ1v) is 7.10. The van der Waals surface area contributed by atoms with E-state index in [-0.39, 0.29) is 5.91 Å². The van der Waals surface area contributed by atoms with Crippen LogP contribution in [-0.4, -0.2) is 5.91 Å². The molecular weight excluding hydrogens is 284 g/mol. The lowest BCUT2D eigenvalue weighted by Crippen LogP contribution is -2.27. The first kappa shape index (κ1) is 13.7. The van der Waals surface area contributed by atoms with Gasteiger partial charge in [0, 0.05) is 5.69 Å². The van der Waals surface area contributed by atoms with E-state index in [4.69, 9.17) is 16.9 Å². The number of nitrogens with zero attached hydrogens (tertiary/aromatic N) is 1. The van der Waals surface area contributed by atoms with Gasteiger partial charge in [0.2, 0.25) is 5.91 Å². The van der Waals surface area contributed by atoms with Gasteiger partial charge in [-0.25, -0.2) is 0 Å². The monoisotopic (exact) mass is 296 g/mol.